The third-order valence-corrected chi connectivity index (χ3v) is 8.83. The molecule has 0 aromatic heterocycles. The van der Waals surface area contributed by atoms with Crippen molar-refractivity contribution in [1.29, 1.82) is 0 Å². The van der Waals surface area contributed by atoms with E-state index < -0.39 is 57.8 Å². The quantitative estimate of drug-likeness (QED) is 0.161. The van der Waals surface area contributed by atoms with Crippen molar-refractivity contribution >= 4 is 58.7 Å². The first-order valence-corrected chi connectivity index (χ1v) is 17.6. The molecule has 0 spiro atoms. The van der Waals surface area contributed by atoms with Crippen LogP contribution >= 0.6 is 34.8 Å². The van der Waals surface area contributed by atoms with Crippen LogP contribution in [0.1, 0.15) is 57.6 Å². The van der Waals surface area contributed by atoms with E-state index in [4.69, 9.17) is 49.0 Å². The van der Waals surface area contributed by atoms with E-state index in [1.165, 1.54) is 5.01 Å². The van der Waals surface area contributed by atoms with Gasteiger partial charge in [0.05, 0.1) is 19.8 Å². The number of carbonyl (C=O) groups is 4. The SMILES string of the molecule is CC(C)[C@H](NC(=O)OCC1c2ccccc2-c2ccccc21)C(=O)NC(COCC(C)(C)CO)C(=O)N1CCC[C@@H](C(=O)OCC(Cl)(Cl)Cl)N1. The summed E-state index contributed by atoms with van der Waals surface area (Å²) >= 11 is 17.1. The second-order valence-corrected chi connectivity index (χ2v) is 16.1. The largest absolute Gasteiger partial charge is 0.460 e. The zero-order valence-corrected chi connectivity index (χ0v) is 30.8. The molecule has 4 rings (SSSR count). The Morgan fingerprint density at radius 1 is 0.960 bits per heavy atom. The minimum absolute atomic E-state index is 0.0633. The van der Waals surface area contributed by atoms with Gasteiger partial charge in [0, 0.05) is 17.9 Å². The standard InChI is InChI=1S/C35H45Cl3N4O8/c1-21(2)29(40-33(47)49-16-26-24-12-7-5-10-22(24)23-11-6-8-13-25(23)26)30(44)39-28(17-48-19-34(3,4)18-43)31(45)42-15-9-14-27(41-42)32(46)50-20-35(36,37)38/h5-8,10-13,21,26-29,41,43H,9,14-20H2,1-4H3,(H,39,44)(H,40,47)/t27-,28?,29-/m0/s1. The maximum atomic E-state index is 13.8. The summed E-state index contributed by atoms with van der Waals surface area (Å²) in [7, 11) is 0. The fourth-order valence-electron chi connectivity index (χ4n) is 5.79. The van der Waals surface area contributed by atoms with E-state index in [-0.39, 0.29) is 44.8 Å². The maximum Gasteiger partial charge on any atom is 0.407 e. The number of rotatable bonds is 14. The smallest absolute Gasteiger partial charge is 0.407 e. The molecular weight excluding hydrogens is 711 g/mol. The molecule has 274 valence electrons. The van der Waals surface area contributed by atoms with Crippen molar-refractivity contribution in [3.05, 3.63) is 59.7 Å². The average molecular weight is 756 g/mol. The van der Waals surface area contributed by atoms with Gasteiger partial charge in [0.25, 0.3) is 5.91 Å². The van der Waals surface area contributed by atoms with Crippen LogP contribution in [0.4, 0.5) is 4.79 Å². The number of hydrogen-bond donors (Lipinski definition) is 4. The van der Waals surface area contributed by atoms with Gasteiger partial charge < -0.3 is 30.0 Å². The van der Waals surface area contributed by atoms with E-state index in [9.17, 15) is 24.3 Å². The predicted octanol–water partition coefficient (Wildman–Crippen LogP) is 4.48. The summed E-state index contributed by atoms with van der Waals surface area (Å²) in [5.74, 6) is -2.47. The van der Waals surface area contributed by atoms with Crippen LogP contribution in [-0.4, -0.2) is 95.5 Å². The number of carbonyl (C=O) groups excluding carboxylic acids is 4. The number of alkyl carbamates (subject to hydrolysis) is 1. The van der Waals surface area contributed by atoms with Crippen molar-refractivity contribution in [3.8, 4) is 11.1 Å². The number of nitrogens with one attached hydrogen (secondary N) is 3. The van der Waals surface area contributed by atoms with Crippen LogP contribution < -0.4 is 16.1 Å². The fourth-order valence-corrected chi connectivity index (χ4v) is 5.96. The van der Waals surface area contributed by atoms with Crippen LogP contribution in [0.3, 0.4) is 0 Å². The molecule has 1 unspecified atom stereocenters. The highest BCUT2D eigenvalue weighted by molar-refractivity contribution is 6.67. The highest BCUT2D eigenvalue weighted by Gasteiger charge is 2.37. The van der Waals surface area contributed by atoms with Gasteiger partial charge in [-0.2, -0.15) is 0 Å². The van der Waals surface area contributed by atoms with Gasteiger partial charge in [0.15, 0.2) is 0 Å². The summed E-state index contributed by atoms with van der Waals surface area (Å²) in [4.78, 5) is 53.3. The summed E-state index contributed by atoms with van der Waals surface area (Å²) in [5, 5.41) is 16.3. The number of amides is 3. The van der Waals surface area contributed by atoms with Crippen LogP contribution in [0.5, 0.6) is 0 Å². The molecular formula is C35H45Cl3N4O8. The average Bonchev–Trinajstić information content (AvgIpc) is 3.40. The van der Waals surface area contributed by atoms with Gasteiger partial charge in [-0.15, -0.1) is 0 Å². The molecule has 3 amide bonds. The number of hydrogen-bond acceptors (Lipinski definition) is 9. The number of alkyl halides is 3. The predicted molar refractivity (Wildman–Crippen MR) is 190 cm³/mol. The molecule has 2 aliphatic rings. The lowest BCUT2D eigenvalue weighted by Crippen LogP contribution is -2.62. The van der Waals surface area contributed by atoms with Gasteiger partial charge in [-0.25, -0.2) is 10.2 Å². The first kappa shape index (κ1) is 39.7. The van der Waals surface area contributed by atoms with Crippen molar-refractivity contribution in [2.75, 3.05) is 39.6 Å². The highest BCUT2D eigenvalue weighted by atomic mass is 35.6. The number of halogens is 3. The van der Waals surface area contributed by atoms with Crippen LogP contribution in [0, 0.1) is 11.3 Å². The van der Waals surface area contributed by atoms with Gasteiger partial charge in [0.2, 0.25) is 9.70 Å². The molecule has 15 heteroatoms. The Bertz CT molecular complexity index is 1470. The Hall–Kier alpha value is -3.13. The normalized spacial score (nSPS) is 17.4. The lowest BCUT2D eigenvalue weighted by molar-refractivity contribution is -0.153. The zero-order valence-electron chi connectivity index (χ0n) is 28.5. The van der Waals surface area contributed by atoms with Crippen molar-refractivity contribution in [1.82, 2.24) is 21.1 Å². The summed E-state index contributed by atoms with van der Waals surface area (Å²) in [6.07, 6.45) is 0.0298. The topological polar surface area (TPSA) is 156 Å². The van der Waals surface area contributed by atoms with Crippen molar-refractivity contribution in [3.63, 3.8) is 0 Å². The highest BCUT2D eigenvalue weighted by Crippen LogP contribution is 2.44. The summed E-state index contributed by atoms with van der Waals surface area (Å²) in [5.41, 5.74) is 6.52. The van der Waals surface area contributed by atoms with E-state index in [2.05, 4.69) is 16.1 Å². The number of hydrazine groups is 1. The molecule has 12 nitrogen and oxygen atoms in total. The van der Waals surface area contributed by atoms with Gasteiger partial charge in [-0.3, -0.25) is 19.4 Å². The van der Waals surface area contributed by atoms with Crippen LogP contribution in [-0.2, 0) is 28.6 Å². The molecule has 0 bridgehead atoms. The Morgan fingerprint density at radius 2 is 1.58 bits per heavy atom. The molecule has 1 aliphatic heterocycles. The molecule has 1 saturated heterocycles. The second-order valence-electron chi connectivity index (χ2n) is 13.6. The summed E-state index contributed by atoms with van der Waals surface area (Å²) < 4.78 is 14.8. The van der Waals surface area contributed by atoms with E-state index in [0.29, 0.717) is 12.8 Å². The first-order valence-electron chi connectivity index (χ1n) is 16.5. The number of aliphatic hydroxyl groups excluding tert-OH is 1. The van der Waals surface area contributed by atoms with Gasteiger partial charge in [0.1, 0.15) is 31.3 Å². The molecule has 1 heterocycles. The lowest BCUT2D eigenvalue weighted by Gasteiger charge is -2.35. The molecule has 2 aromatic carbocycles. The summed E-state index contributed by atoms with van der Waals surface area (Å²) in [6.45, 7) is 6.59. The minimum Gasteiger partial charge on any atom is -0.460 e. The Labute approximate surface area is 307 Å². The van der Waals surface area contributed by atoms with Gasteiger partial charge in [-0.1, -0.05) is 111 Å². The number of fused-ring (bicyclic) bond motifs is 3. The molecule has 1 fully saturated rings. The number of esters is 1. The van der Waals surface area contributed by atoms with Crippen LogP contribution in [0.2, 0.25) is 0 Å². The van der Waals surface area contributed by atoms with Crippen molar-refractivity contribution in [2.24, 2.45) is 11.3 Å². The van der Waals surface area contributed by atoms with E-state index >= 15 is 0 Å². The van der Waals surface area contributed by atoms with E-state index in [1.54, 1.807) is 27.7 Å². The first-order chi connectivity index (χ1) is 23.6. The monoisotopic (exact) mass is 754 g/mol. The molecule has 0 radical (unpaired) electrons. The van der Waals surface area contributed by atoms with Gasteiger partial charge in [-0.05, 0) is 41.0 Å². The zero-order chi connectivity index (χ0) is 36.6. The van der Waals surface area contributed by atoms with Crippen LogP contribution in [0.15, 0.2) is 48.5 Å². The number of nitrogens with zero attached hydrogens (tertiary/aromatic N) is 1. The van der Waals surface area contributed by atoms with Crippen molar-refractivity contribution in [2.45, 2.75) is 68.4 Å². The maximum absolute atomic E-state index is 13.8. The number of aliphatic hydroxyl groups is 1. The molecule has 2 aromatic rings. The van der Waals surface area contributed by atoms with E-state index in [0.717, 1.165) is 22.3 Å². The van der Waals surface area contributed by atoms with Gasteiger partial charge >= 0.3 is 12.1 Å². The molecule has 50 heavy (non-hydrogen) atoms. The molecule has 1 aliphatic carbocycles. The van der Waals surface area contributed by atoms with E-state index in [1.807, 2.05) is 48.5 Å². The minimum atomic E-state index is -1.80. The number of ether oxygens (including phenoxy) is 3. The third-order valence-electron chi connectivity index (χ3n) is 8.50. The Balaban J connectivity index is 1.42. The Kier molecular flexibility index (Phi) is 13.8. The lowest BCUT2D eigenvalue weighted by atomic mass is 9.96. The fraction of sp³-hybridized carbons (Fsp3) is 0.543. The summed E-state index contributed by atoms with van der Waals surface area (Å²) in [6, 6.07) is 12.8. The van der Waals surface area contributed by atoms with Crippen LogP contribution in [0.25, 0.3) is 11.1 Å². The van der Waals surface area contributed by atoms with Crippen molar-refractivity contribution < 1.29 is 38.5 Å². The molecule has 3 atom stereocenters. The second kappa shape index (κ2) is 17.4. The third kappa shape index (κ3) is 10.7. The number of benzene rings is 2. The molecule has 4 N–H and O–H groups in total. The Morgan fingerprint density at radius 3 is 2.16 bits per heavy atom. The molecule has 0 saturated carbocycles.